The molecule has 13 heavy (non-hydrogen) atoms. The minimum Gasteiger partial charge on any atom is -0.344 e. The van der Waals surface area contributed by atoms with E-state index >= 15 is 0 Å². The average molecular weight is 184 g/mol. The second-order valence-corrected chi connectivity index (χ2v) is 4.13. The fraction of sp³-hybridized carbons (Fsp3) is 0.900. The highest BCUT2D eigenvalue weighted by atomic mass is 16.2. The van der Waals surface area contributed by atoms with E-state index in [4.69, 9.17) is 5.73 Å². The summed E-state index contributed by atoms with van der Waals surface area (Å²) in [5.41, 5.74) is 5.50. The fourth-order valence-electron chi connectivity index (χ4n) is 1.62. The molecule has 1 aliphatic carbocycles. The SMILES string of the molecule is CC(N)C(=O)N(C)CCC1CCC1. The molecule has 0 aliphatic heterocycles. The minimum atomic E-state index is -0.355. The molecule has 2 N–H and O–H groups in total. The Bertz CT molecular complexity index is 176. The van der Waals surface area contributed by atoms with Crippen LogP contribution in [0.2, 0.25) is 0 Å². The largest absolute Gasteiger partial charge is 0.344 e. The van der Waals surface area contributed by atoms with Gasteiger partial charge in [-0.25, -0.2) is 0 Å². The second-order valence-electron chi connectivity index (χ2n) is 4.13. The summed E-state index contributed by atoms with van der Waals surface area (Å²) >= 11 is 0. The van der Waals surface area contributed by atoms with Crippen molar-refractivity contribution in [2.75, 3.05) is 13.6 Å². The lowest BCUT2D eigenvalue weighted by Gasteiger charge is -2.28. The van der Waals surface area contributed by atoms with Gasteiger partial charge in [-0.05, 0) is 19.3 Å². The molecular weight excluding hydrogens is 164 g/mol. The zero-order valence-corrected chi connectivity index (χ0v) is 8.62. The first-order valence-electron chi connectivity index (χ1n) is 5.12. The zero-order valence-electron chi connectivity index (χ0n) is 8.62. The highest BCUT2D eigenvalue weighted by molar-refractivity contribution is 5.80. The predicted molar refractivity (Wildman–Crippen MR) is 53.2 cm³/mol. The third-order valence-electron chi connectivity index (χ3n) is 2.86. The summed E-state index contributed by atoms with van der Waals surface area (Å²) in [6, 6.07) is -0.355. The average Bonchev–Trinajstić information content (AvgIpc) is 1.99. The predicted octanol–water partition coefficient (Wildman–Crippen LogP) is 0.982. The van der Waals surface area contributed by atoms with E-state index in [1.165, 1.54) is 19.3 Å². The molecule has 0 aromatic carbocycles. The van der Waals surface area contributed by atoms with Gasteiger partial charge >= 0.3 is 0 Å². The van der Waals surface area contributed by atoms with E-state index in [1.807, 2.05) is 7.05 Å². The van der Waals surface area contributed by atoms with Crippen molar-refractivity contribution in [3.63, 3.8) is 0 Å². The zero-order chi connectivity index (χ0) is 9.84. The number of nitrogens with zero attached hydrogens (tertiary/aromatic N) is 1. The maximum absolute atomic E-state index is 11.4. The molecule has 3 nitrogen and oxygen atoms in total. The van der Waals surface area contributed by atoms with E-state index < -0.39 is 0 Å². The lowest BCUT2D eigenvalue weighted by molar-refractivity contribution is -0.131. The lowest BCUT2D eigenvalue weighted by Crippen LogP contribution is -2.40. The Kier molecular flexibility index (Phi) is 3.72. The molecule has 1 unspecified atom stereocenters. The first-order valence-corrected chi connectivity index (χ1v) is 5.12. The number of rotatable bonds is 4. The Balaban J connectivity index is 2.15. The van der Waals surface area contributed by atoms with Crippen LogP contribution < -0.4 is 5.73 Å². The van der Waals surface area contributed by atoms with Crippen LogP contribution in [0.1, 0.15) is 32.6 Å². The second kappa shape index (κ2) is 4.61. The molecule has 0 aromatic heterocycles. The molecule has 1 saturated carbocycles. The van der Waals surface area contributed by atoms with Crippen molar-refractivity contribution in [1.29, 1.82) is 0 Å². The number of hydrogen-bond acceptors (Lipinski definition) is 2. The number of likely N-dealkylation sites (N-methyl/N-ethyl adjacent to an activating group) is 1. The van der Waals surface area contributed by atoms with E-state index in [-0.39, 0.29) is 11.9 Å². The van der Waals surface area contributed by atoms with Crippen molar-refractivity contribution < 1.29 is 4.79 Å². The summed E-state index contributed by atoms with van der Waals surface area (Å²) in [7, 11) is 1.84. The molecule has 76 valence electrons. The minimum absolute atomic E-state index is 0.0549. The summed E-state index contributed by atoms with van der Waals surface area (Å²) in [6.07, 6.45) is 5.21. The summed E-state index contributed by atoms with van der Waals surface area (Å²) in [6.45, 7) is 2.60. The number of amides is 1. The molecule has 1 rings (SSSR count). The molecule has 0 spiro atoms. The van der Waals surface area contributed by atoms with Crippen molar-refractivity contribution in [2.24, 2.45) is 11.7 Å². The van der Waals surface area contributed by atoms with Gasteiger partial charge in [-0.1, -0.05) is 19.3 Å². The smallest absolute Gasteiger partial charge is 0.238 e. The van der Waals surface area contributed by atoms with Gasteiger partial charge in [0.15, 0.2) is 0 Å². The number of carbonyl (C=O) groups excluding carboxylic acids is 1. The molecule has 1 atom stereocenters. The highest BCUT2D eigenvalue weighted by Gasteiger charge is 2.19. The van der Waals surface area contributed by atoms with Gasteiger partial charge in [-0.15, -0.1) is 0 Å². The number of hydrogen-bond donors (Lipinski definition) is 1. The molecular formula is C10H20N2O. The van der Waals surface area contributed by atoms with Gasteiger partial charge in [0.2, 0.25) is 5.91 Å². The molecule has 0 heterocycles. The van der Waals surface area contributed by atoms with E-state index in [9.17, 15) is 4.79 Å². The van der Waals surface area contributed by atoms with E-state index in [0.29, 0.717) is 0 Å². The van der Waals surface area contributed by atoms with Crippen LogP contribution in [0.3, 0.4) is 0 Å². The van der Waals surface area contributed by atoms with Gasteiger partial charge in [-0.2, -0.15) is 0 Å². The maximum Gasteiger partial charge on any atom is 0.238 e. The van der Waals surface area contributed by atoms with Gasteiger partial charge in [0.1, 0.15) is 0 Å². The van der Waals surface area contributed by atoms with E-state index in [0.717, 1.165) is 18.9 Å². The molecule has 0 radical (unpaired) electrons. The Morgan fingerprint density at radius 1 is 1.62 bits per heavy atom. The van der Waals surface area contributed by atoms with Crippen LogP contribution in [0, 0.1) is 5.92 Å². The van der Waals surface area contributed by atoms with Crippen LogP contribution in [0.5, 0.6) is 0 Å². The molecule has 0 aromatic rings. The van der Waals surface area contributed by atoms with Gasteiger partial charge in [0.05, 0.1) is 6.04 Å². The normalized spacial score (nSPS) is 19.3. The Hall–Kier alpha value is -0.570. The van der Waals surface area contributed by atoms with E-state index in [1.54, 1.807) is 11.8 Å². The van der Waals surface area contributed by atoms with Crippen LogP contribution in [-0.4, -0.2) is 30.4 Å². The van der Waals surface area contributed by atoms with Gasteiger partial charge < -0.3 is 10.6 Å². The first-order chi connectivity index (χ1) is 6.11. The monoisotopic (exact) mass is 184 g/mol. The summed E-state index contributed by atoms with van der Waals surface area (Å²) in [4.78, 5) is 13.1. The van der Waals surface area contributed by atoms with Crippen LogP contribution in [0.4, 0.5) is 0 Å². The molecule has 0 saturated heterocycles. The van der Waals surface area contributed by atoms with E-state index in [2.05, 4.69) is 0 Å². The molecule has 1 aliphatic rings. The maximum atomic E-state index is 11.4. The molecule has 1 fully saturated rings. The highest BCUT2D eigenvalue weighted by Crippen LogP contribution is 2.29. The topological polar surface area (TPSA) is 46.3 Å². The molecule has 0 bridgehead atoms. The van der Waals surface area contributed by atoms with Gasteiger partial charge in [0.25, 0.3) is 0 Å². The third kappa shape index (κ3) is 2.99. The van der Waals surface area contributed by atoms with Crippen molar-refractivity contribution in [3.05, 3.63) is 0 Å². The van der Waals surface area contributed by atoms with Crippen LogP contribution in [-0.2, 0) is 4.79 Å². The van der Waals surface area contributed by atoms with Gasteiger partial charge in [-0.3, -0.25) is 4.79 Å². The van der Waals surface area contributed by atoms with Crippen molar-refractivity contribution in [2.45, 2.75) is 38.6 Å². The van der Waals surface area contributed by atoms with Crippen molar-refractivity contribution in [3.8, 4) is 0 Å². The third-order valence-corrected chi connectivity index (χ3v) is 2.86. The van der Waals surface area contributed by atoms with Crippen molar-refractivity contribution in [1.82, 2.24) is 4.90 Å². The fourth-order valence-corrected chi connectivity index (χ4v) is 1.62. The number of nitrogens with two attached hydrogens (primary N) is 1. The molecule has 3 heteroatoms. The quantitative estimate of drug-likeness (QED) is 0.708. The van der Waals surface area contributed by atoms with Gasteiger partial charge in [0, 0.05) is 13.6 Å². The van der Waals surface area contributed by atoms with Crippen LogP contribution in [0.15, 0.2) is 0 Å². The summed E-state index contributed by atoms with van der Waals surface area (Å²) in [5, 5.41) is 0. The Morgan fingerprint density at radius 3 is 2.62 bits per heavy atom. The lowest BCUT2D eigenvalue weighted by atomic mass is 9.83. The number of carbonyl (C=O) groups is 1. The van der Waals surface area contributed by atoms with Crippen molar-refractivity contribution >= 4 is 5.91 Å². The van der Waals surface area contributed by atoms with Crippen LogP contribution in [0.25, 0.3) is 0 Å². The Labute approximate surface area is 80.3 Å². The first kappa shape index (κ1) is 10.5. The molecule has 1 amide bonds. The Morgan fingerprint density at radius 2 is 2.23 bits per heavy atom. The standard InChI is InChI=1S/C10H20N2O/c1-8(11)10(13)12(2)7-6-9-4-3-5-9/h8-9H,3-7,11H2,1-2H3. The summed E-state index contributed by atoms with van der Waals surface area (Å²) in [5.74, 6) is 0.919. The van der Waals surface area contributed by atoms with Crippen LogP contribution >= 0.6 is 0 Å². The summed E-state index contributed by atoms with van der Waals surface area (Å²) < 4.78 is 0.